The Hall–Kier alpha value is -10.2. The molecule has 0 radical (unpaired) electrons. The molecule has 10 atom stereocenters. The highest BCUT2D eigenvalue weighted by Crippen LogP contribution is 2.21. The molecule has 0 bridgehead atoms. The van der Waals surface area contributed by atoms with Crippen molar-refractivity contribution >= 4 is 116 Å². The Morgan fingerprint density at radius 3 is 1.68 bits per heavy atom. The fraction of sp³-hybridized carbons (Fsp3) is 0.414. The first kappa shape index (κ1) is 77.2. The number of quaternary nitrogens is 1. The molecule has 0 unspecified atom stereocenters. The molecule has 1 aromatic heterocycles. The van der Waals surface area contributed by atoms with Crippen molar-refractivity contribution in [3.8, 4) is 5.75 Å². The topological polar surface area (TPSA) is 588 Å². The summed E-state index contributed by atoms with van der Waals surface area (Å²) in [4.78, 5) is 188. The predicted octanol–water partition coefficient (Wildman–Crippen LogP) is -4.14. The number of hydrogen-bond donors (Lipinski definition) is 18. The Balaban J connectivity index is 0.0000192. The lowest BCUT2D eigenvalue weighted by atomic mass is 10.0. The molecule has 5 rings (SSSR count). The molecule has 12 amide bonds. The fourth-order valence-corrected chi connectivity index (χ4v) is 10.3. The lowest BCUT2D eigenvalue weighted by molar-refractivity contribution is -0.142. The van der Waals surface area contributed by atoms with Gasteiger partial charge in [-0.2, -0.15) is 20.2 Å². The largest absolute Gasteiger partial charge is 0.481 e. The molecule has 0 spiro atoms. The summed E-state index contributed by atoms with van der Waals surface area (Å²) >= 11 is 1.26. The number of carbonyl (C=O) groups excluding carboxylic acids is 12. The van der Waals surface area contributed by atoms with Crippen LogP contribution in [0.4, 0.5) is 0 Å². The Morgan fingerprint density at radius 1 is 0.632 bits per heavy atom. The second-order valence-electron chi connectivity index (χ2n) is 21.6. The number of rotatable bonds is 38. The van der Waals surface area contributed by atoms with Gasteiger partial charge < -0.3 is 95.3 Å². The number of aliphatic carboxylic acids is 2. The minimum absolute atomic E-state index is 0. The molecule has 2 heterocycles. The number of carboxylic acid groups (broad SMARTS) is 2. The van der Waals surface area contributed by atoms with Crippen molar-refractivity contribution in [2.75, 3.05) is 18.6 Å². The van der Waals surface area contributed by atoms with Crippen LogP contribution in [0.2, 0.25) is 0 Å². The molecule has 4 aromatic rings. The monoisotopic (exact) mass is 1370 g/mol. The van der Waals surface area contributed by atoms with Gasteiger partial charge in [-0.25, -0.2) is 0 Å². The van der Waals surface area contributed by atoms with Crippen molar-refractivity contribution < 1.29 is 99.6 Å². The molecular formula is C58H77N14O21S2+. The third-order valence-corrected chi connectivity index (χ3v) is 15.3. The number of amides is 12. The molecule has 1 aliphatic rings. The van der Waals surface area contributed by atoms with E-state index in [1.54, 1.807) is 67.0 Å². The number of carbonyl (C=O) groups is 14. The van der Waals surface area contributed by atoms with Crippen LogP contribution in [-0.4, -0.2) is 195 Å². The highest BCUT2D eigenvalue weighted by Gasteiger charge is 2.37. The predicted molar refractivity (Wildman–Crippen MR) is 337 cm³/mol. The van der Waals surface area contributed by atoms with E-state index in [0.29, 0.717) is 22.0 Å². The van der Waals surface area contributed by atoms with E-state index in [1.165, 1.54) is 23.9 Å². The number of aliphatic hydroxyl groups is 1. The van der Waals surface area contributed by atoms with Crippen LogP contribution < -0.4 is 75.0 Å². The number of aromatic amines is 1. The van der Waals surface area contributed by atoms with Gasteiger partial charge in [-0.05, 0) is 73.1 Å². The Bertz CT molecular complexity index is 3560. The lowest BCUT2D eigenvalue weighted by Gasteiger charge is -2.27. The van der Waals surface area contributed by atoms with E-state index in [0.717, 1.165) is 19.1 Å². The van der Waals surface area contributed by atoms with E-state index >= 15 is 0 Å². The SMILES string of the molecule is CSCC[C@H](NC(=O)[C@H](Cc1c[nH]c2ccccc12)NC(=O)CNC(=O)[C@@H](NC(=O)[C@H](Cc1ccc(OS(=O)(=O)O)cc1)NC(=O)[C@H](CC(=O)O)NC(=O)[C@H](CCC(N)=O)NC(=O)[C@@H]1CCC(=O)N1)[C@@H](C)O)C(=O)N[C@@H](CC(=O)O)C(=O)N[C@@H](Cc1ccccc1)C(N)=O.[NH4+]. The van der Waals surface area contributed by atoms with Gasteiger partial charge >= 0.3 is 22.3 Å². The molecule has 23 N–H and O–H groups in total. The average Bonchev–Trinajstić information content (AvgIpc) is 1.84. The van der Waals surface area contributed by atoms with E-state index in [1.807, 2.05) is 0 Å². The van der Waals surface area contributed by atoms with Crippen molar-refractivity contribution in [3.05, 3.63) is 102 Å². The number of carboxylic acids is 2. The Labute approximate surface area is 546 Å². The number of thioether (sulfide) groups is 1. The van der Waals surface area contributed by atoms with Gasteiger partial charge in [0.1, 0.15) is 60.1 Å². The normalized spacial score (nSPS) is 15.5. The first-order valence-electron chi connectivity index (χ1n) is 28.9. The van der Waals surface area contributed by atoms with E-state index in [4.69, 9.17) is 16.0 Å². The number of nitrogens with one attached hydrogen (secondary N) is 11. The Morgan fingerprint density at radius 2 is 1.14 bits per heavy atom. The molecule has 1 aliphatic heterocycles. The molecule has 1 saturated heterocycles. The van der Waals surface area contributed by atoms with Crippen molar-refractivity contribution in [2.24, 2.45) is 11.5 Å². The minimum Gasteiger partial charge on any atom is -0.481 e. The van der Waals surface area contributed by atoms with Gasteiger partial charge in [0, 0.05) is 49.2 Å². The second kappa shape index (κ2) is 36.9. The van der Waals surface area contributed by atoms with Crippen molar-refractivity contribution in [3.63, 3.8) is 0 Å². The molecule has 95 heavy (non-hydrogen) atoms. The van der Waals surface area contributed by atoms with Crippen LogP contribution in [-0.2, 0) is 96.8 Å². The lowest BCUT2D eigenvalue weighted by Crippen LogP contribution is -2.61. The van der Waals surface area contributed by atoms with Crippen LogP contribution in [0.5, 0.6) is 5.75 Å². The van der Waals surface area contributed by atoms with Crippen molar-refractivity contribution in [1.29, 1.82) is 0 Å². The molecule has 0 saturated carbocycles. The van der Waals surface area contributed by atoms with Gasteiger partial charge in [0.2, 0.25) is 70.9 Å². The second-order valence-corrected chi connectivity index (χ2v) is 23.6. The highest BCUT2D eigenvalue weighted by molar-refractivity contribution is 7.98. The summed E-state index contributed by atoms with van der Waals surface area (Å²) in [5, 5.41) is 54.6. The summed E-state index contributed by atoms with van der Waals surface area (Å²) in [7, 11) is -5.02. The molecule has 0 aliphatic carbocycles. The number of H-pyrrole nitrogens is 1. The minimum atomic E-state index is -5.02. The number of para-hydroxylation sites is 1. The van der Waals surface area contributed by atoms with Crippen molar-refractivity contribution in [2.45, 2.75) is 132 Å². The number of nitrogens with two attached hydrogens (primary N) is 2. The molecule has 516 valence electrons. The number of benzene rings is 3. The first-order valence-corrected chi connectivity index (χ1v) is 31.7. The van der Waals surface area contributed by atoms with Gasteiger partial charge in [-0.15, -0.1) is 0 Å². The fourth-order valence-electron chi connectivity index (χ4n) is 9.50. The number of aromatic nitrogens is 1. The van der Waals surface area contributed by atoms with E-state index < -0.39 is 198 Å². The van der Waals surface area contributed by atoms with Gasteiger partial charge in [-0.3, -0.25) is 71.7 Å². The quantitative estimate of drug-likeness (QED) is 0.0190. The molecule has 3 aromatic carbocycles. The van der Waals surface area contributed by atoms with Crippen LogP contribution in [0.25, 0.3) is 10.9 Å². The number of fused-ring (bicyclic) bond motifs is 1. The van der Waals surface area contributed by atoms with E-state index in [2.05, 4.69) is 62.3 Å². The standard InChI is InChI=1S/C58H73N13O21S2.H3N/c1-29(72)49(71-57(87)40(23-31-12-14-33(15-13-31)92-94(89,90)91)68-56(86)43(26-48(78)79)69-52(82)37(16-18-44(59)73)65-51(81)36-17-19-45(74)63-36)58(88)62-28-46(75)64-41(24-32-27-61-35-11-7-6-10-34(32)35)54(84)66-38(20-21-93-2)53(83)70-42(25-47(76)77)55(85)67-39(50(60)80)22-30-8-4-3-5-9-30;/h3-15,27,29,36-43,49,61,72H,16-26,28H2,1-2H3,(H2,59,73)(H2,60,80)(H,62,88)(H,63,74)(H,64,75)(H,65,81)(H,66,84)(H,67,85)(H,68,86)(H,69,82)(H,70,83)(H,71,87)(H,76,77)(H,78,79)(H,89,90,91);1H3/p+1/t29-,36+,37+,38+,39+,40+,41+,42+,43+,49+;/m1./s1. The highest BCUT2D eigenvalue weighted by atomic mass is 32.3. The number of primary amides is 2. The third kappa shape index (κ3) is 25.6. The summed E-state index contributed by atoms with van der Waals surface area (Å²) in [6, 6.07) is 4.78. The third-order valence-electron chi connectivity index (χ3n) is 14.3. The van der Waals surface area contributed by atoms with E-state index in [-0.39, 0.29) is 49.6 Å². The summed E-state index contributed by atoms with van der Waals surface area (Å²) in [5.74, 6) is -15.9. The summed E-state index contributed by atoms with van der Waals surface area (Å²) < 4.78 is 36.4. The summed E-state index contributed by atoms with van der Waals surface area (Å²) in [5.41, 5.74) is 12.6. The zero-order chi connectivity index (χ0) is 69.4. The summed E-state index contributed by atoms with van der Waals surface area (Å²) in [6.45, 7) is 0.0728. The first-order chi connectivity index (χ1) is 44.4. The zero-order valence-electron chi connectivity index (χ0n) is 51.5. The molecule has 35 nitrogen and oxygen atoms in total. The average molecular weight is 1370 g/mol. The maximum atomic E-state index is 14.5. The summed E-state index contributed by atoms with van der Waals surface area (Å²) in [6.07, 6.45) is -2.72. The van der Waals surface area contributed by atoms with Crippen molar-refractivity contribution in [1.82, 2.24) is 64.3 Å². The van der Waals surface area contributed by atoms with Gasteiger partial charge in [-0.1, -0.05) is 60.7 Å². The number of hydrogen-bond acceptors (Lipinski definition) is 19. The van der Waals surface area contributed by atoms with Crippen LogP contribution in [0.1, 0.15) is 68.6 Å². The van der Waals surface area contributed by atoms with E-state index in [9.17, 15) is 90.9 Å². The van der Waals surface area contributed by atoms with Gasteiger partial charge in [0.25, 0.3) is 0 Å². The van der Waals surface area contributed by atoms with Crippen LogP contribution >= 0.6 is 11.8 Å². The Kier molecular flexibility index (Phi) is 30.0. The molecule has 37 heteroatoms. The van der Waals surface area contributed by atoms with Crippen LogP contribution in [0.3, 0.4) is 0 Å². The van der Waals surface area contributed by atoms with Crippen LogP contribution in [0.15, 0.2) is 85.1 Å². The smallest absolute Gasteiger partial charge is 0.446 e. The zero-order valence-corrected chi connectivity index (χ0v) is 53.2. The maximum Gasteiger partial charge on any atom is 0.446 e. The molecule has 1 fully saturated rings. The van der Waals surface area contributed by atoms with Gasteiger partial charge in [0.15, 0.2) is 0 Å². The molecular weight excluding hydrogens is 1290 g/mol. The maximum absolute atomic E-state index is 14.5. The number of aliphatic hydroxyl groups excluding tert-OH is 1. The van der Waals surface area contributed by atoms with Gasteiger partial charge in [0.05, 0.1) is 25.5 Å². The van der Waals surface area contributed by atoms with Crippen LogP contribution in [0, 0.1) is 0 Å².